The molecule has 110 valence electrons. The molecule has 0 bridgehead atoms. The highest BCUT2D eigenvalue weighted by Crippen LogP contribution is 2.25. The van der Waals surface area contributed by atoms with Gasteiger partial charge in [-0.15, -0.1) is 0 Å². The predicted octanol–water partition coefficient (Wildman–Crippen LogP) is 0.599. The van der Waals surface area contributed by atoms with E-state index in [9.17, 15) is 14.9 Å². The van der Waals surface area contributed by atoms with Gasteiger partial charge in [-0.3, -0.25) is 15.0 Å². The Kier molecular flexibility index (Phi) is 4.86. The molecule has 0 amide bonds. The molecular formula is C13H18N2O5. The molecule has 1 unspecified atom stereocenters. The van der Waals surface area contributed by atoms with Crippen molar-refractivity contribution in [2.24, 2.45) is 5.92 Å². The summed E-state index contributed by atoms with van der Waals surface area (Å²) in [6.45, 7) is 3.88. The standard InChI is InChI=1S/C13H18N2O5/c1-19-13(16)11-8-10(2-3-12(11)15(17)18)9-14-4-6-20-7-5-14/h3,8,10H,2,4-7,9H2,1H3. The van der Waals surface area contributed by atoms with Crippen LogP contribution in [0.5, 0.6) is 0 Å². The van der Waals surface area contributed by atoms with Gasteiger partial charge in [-0.25, -0.2) is 4.79 Å². The summed E-state index contributed by atoms with van der Waals surface area (Å²) in [4.78, 5) is 24.3. The van der Waals surface area contributed by atoms with Crippen LogP contribution < -0.4 is 0 Å². The number of esters is 1. The summed E-state index contributed by atoms with van der Waals surface area (Å²) < 4.78 is 9.90. The fourth-order valence-corrected chi connectivity index (χ4v) is 2.46. The van der Waals surface area contributed by atoms with Crippen molar-refractivity contribution in [3.8, 4) is 0 Å². The summed E-state index contributed by atoms with van der Waals surface area (Å²) in [5.74, 6) is -0.564. The Morgan fingerprint density at radius 2 is 2.25 bits per heavy atom. The number of methoxy groups -OCH3 is 1. The Balaban J connectivity index is 2.07. The maximum Gasteiger partial charge on any atom is 0.344 e. The van der Waals surface area contributed by atoms with Gasteiger partial charge in [0.15, 0.2) is 0 Å². The third-order valence-electron chi connectivity index (χ3n) is 3.49. The Morgan fingerprint density at radius 3 is 2.85 bits per heavy atom. The van der Waals surface area contributed by atoms with Crippen LogP contribution in [0.1, 0.15) is 6.42 Å². The molecule has 20 heavy (non-hydrogen) atoms. The van der Waals surface area contributed by atoms with Gasteiger partial charge < -0.3 is 9.47 Å². The minimum Gasteiger partial charge on any atom is -0.465 e. The second-order valence-electron chi connectivity index (χ2n) is 4.83. The molecular weight excluding hydrogens is 264 g/mol. The Bertz CT molecular complexity index is 452. The minimum atomic E-state index is -0.653. The molecule has 0 aromatic rings. The second-order valence-corrected chi connectivity index (χ2v) is 4.83. The van der Waals surface area contributed by atoms with E-state index in [2.05, 4.69) is 9.64 Å². The van der Waals surface area contributed by atoms with E-state index in [-0.39, 0.29) is 17.2 Å². The quantitative estimate of drug-likeness (QED) is 0.426. The van der Waals surface area contributed by atoms with Gasteiger partial charge in [-0.2, -0.15) is 0 Å². The van der Waals surface area contributed by atoms with Crippen LogP contribution in [0, 0.1) is 16.0 Å². The van der Waals surface area contributed by atoms with Gasteiger partial charge in [0.2, 0.25) is 0 Å². The molecule has 0 radical (unpaired) electrons. The summed E-state index contributed by atoms with van der Waals surface area (Å²) in [6, 6.07) is 0. The van der Waals surface area contributed by atoms with Crippen LogP contribution in [0.3, 0.4) is 0 Å². The molecule has 0 spiro atoms. The molecule has 2 aliphatic rings. The number of hydrogen-bond donors (Lipinski definition) is 0. The summed E-state index contributed by atoms with van der Waals surface area (Å²) in [6.07, 6.45) is 3.74. The monoisotopic (exact) mass is 282 g/mol. The lowest BCUT2D eigenvalue weighted by atomic mass is 9.93. The molecule has 1 fully saturated rings. The highest BCUT2D eigenvalue weighted by Gasteiger charge is 2.30. The highest BCUT2D eigenvalue weighted by atomic mass is 16.6. The van der Waals surface area contributed by atoms with Crippen LogP contribution >= 0.6 is 0 Å². The summed E-state index contributed by atoms with van der Waals surface area (Å²) >= 11 is 0. The normalized spacial score (nSPS) is 23.8. The Morgan fingerprint density at radius 1 is 1.55 bits per heavy atom. The Hall–Kier alpha value is -1.73. The number of nitrogens with zero attached hydrogens (tertiary/aromatic N) is 2. The van der Waals surface area contributed by atoms with Gasteiger partial charge in [0.1, 0.15) is 5.57 Å². The lowest BCUT2D eigenvalue weighted by Crippen LogP contribution is -2.39. The van der Waals surface area contributed by atoms with Crippen LogP contribution in [0.2, 0.25) is 0 Å². The number of nitro groups is 1. The van der Waals surface area contributed by atoms with Crippen molar-refractivity contribution in [3.05, 3.63) is 33.5 Å². The zero-order valence-electron chi connectivity index (χ0n) is 11.4. The van der Waals surface area contributed by atoms with Crippen molar-refractivity contribution in [1.29, 1.82) is 0 Å². The second kappa shape index (κ2) is 6.62. The molecule has 7 nitrogen and oxygen atoms in total. The summed E-state index contributed by atoms with van der Waals surface area (Å²) in [7, 11) is 1.23. The SMILES string of the molecule is COC(=O)C1=CC(CN2CCOCC2)CC=C1[N+](=O)[O-]. The molecule has 1 saturated heterocycles. The van der Waals surface area contributed by atoms with E-state index in [1.54, 1.807) is 6.08 Å². The van der Waals surface area contributed by atoms with E-state index in [0.29, 0.717) is 19.6 Å². The van der Waals surface area contributed by atoms with Crippen LogP contribution in [0.4, 0.5) is 0 Å². The first kappa shape index (κ1) is 14.7. The molecule has 0 aromatic heterocycles. The molecule has 7 heteroatoms. The molecule has 0 saturated carbocycles. The van der Waals surface area contributed by atoms with Gasteiger partial charge >= 0.3 is 5.97 Å². The molecule has 2 rings (SSSR count). The van der Waals surface area contributed by atoms with Crippen molar-refractivity contribution in [3.63, 3.8) is 0 Å². The molecule has 1 aliphatic carbocycles. The van der Waals surface area contributed by atoms with Gasteiger partial charge in [0, 0.05) is 19.6 Å². The maximum absolute atomic E-state index is 11.7. The van der Waals surface area contributed by atoms with E-state index in [0.717, 1.165) is 19.6 Å². The first-order valence-electron chi connectivity index (χ1n) is 6.57. The highest BCUT2D eigenvalue weighted by molar-refractivity contribution is 5.92. The first-order valence-corrected chi connectivity index (χ1v) is 6.57. The minimum absolute atomic E-state index is 0.0574. The number of morpholine rings is 1. The average Bonchev–Trinajstić information content (AvgIpc) is 2.47. The molecule has 0 N–H and O–H groups in total. The van der Waals surface area contributed by atoms with Gasteiger partial charge in [-0.1, -0.05) is 6.08 Å². The topological polar surface area (TPSA) is 81.9 Å². The van der Waals surface area contributed by atoms with Crippen molar-refractivity contribution in [1.82, 2.24) is 4.90 Å². The first-order chi connectivity index (χ1) is 9.61. The third kappa shape index (κ3) is 3.43. The largest absolute Gasteiger partial charge is 0.465 e. The van der Waals surface area contributed by atoms with Crippen LogP contribution in [0.25, 0.3) is 0 Å². The molecule has 1 heterocycles. The zero-order valence-corrected chi connectivity index (χ0v) is 11.4. The number of hydrogen-bond acceptors (Lipinski definition) is 6. The summed E-state index contributed by atoms with van der Waals surface area (Å²) in [5.41, 5.74) is -0.0999. The lowest BCUT2D eigenvalue weighted by Gasteiger charge is -2.29. The third-order valence-corrected chi connectivity index (χ3v) is 3.49. The van der Waals surface area contributed by atoms with Gasteiger partial charge in [0.05, 0.1) is 25.2 Å². The van der Waals surface area contributed by atoms with Crippen molar-refractivity contribution < 1.29 is 19.2 Å². The fourth-order valence-electron chi connectivity index (χ4n) is 2.46. The van der Waals surface area contributed by atoms with E-state index in [1.807, 2.05) is 0 Å². The molecule has 0 aromatic carbocycles. The fraction of sp³-hybridized carbons (Fsp3) is 0.615. The van der Waals surface area contributed by atoms with Crippen molar-refractivity contribution in [2.45, 2.75) is 6.42 Å². The molecule has 1 atom stereocenters. The van der Waals surface area contributed by atoms with E-state index < -0.39 is 10.9 Å². The van der Waals surface area contributed by atoms with E-state index >= 15 is 0 Å². The number of allylic oxidation sites excluding steroid dienone is 1. The predicted molar refractivity (Wildman–Crippen MR) is 70.5 cm³/mol. The van der Waals surface area contributed by atoms with E-state index in [4.69, 9.17) is 4.74 Å². The maximum atomic E-state index is 11.7. The molecule has 1 aliphatic heterocycles. The zero-order chi connectivity index (χ0) is 14.5. The van der Waals surface area contributed by atoms with Crippen molar-refractivity contribution >= 4 is 5.97 Å². The number of carbonyl (C=O) groups excluding carboxylic acids is 1. The van der Waals surface area contributed by atoms with Crippen molar-refractivity contribution in [2.75, 3.05) is 40.0 Å². The van der Waals surface area contributed by atoms with Crippen LogP contribution in [-0.2, 0) is 14.3 Å². The number of carbonyl (C=O) groups is 1. The van der Waals surface area contributed by atoms with Crippen LogP contribution in [0.15, 0.2) is 23.4 Å². The van der Waals surface area contributed by atoms with Gasteiger partial charge in [-0.05, 0) is 18.4 Å². The van der Waals surface area contributed by atoms with Gasteiger partial charge in [0.25, 0.3) is 5.70 Å². The Labute approximate surface area is 117 Å². The smallest absolute Gasteiger partial charge is 0.344 e. The average molecular weight is 282 g/mol. The number of rotatable bonds is 4. The summed E-state index contributed by atoms with van der Waals surface area (Å²) in [5, 5.41) is 10.9. The van der Waals surface area contributed by atoms with E-state index in [1.165, 1.54) is 13.2 Å². The lowest BCUT2D eigenvalue weighted by molar-refractivity contribution is -0.421. The van der Waals surface area contributed by atoms with Crippen LogP contribution in [-0.4, -0.2) is 55.8 Å². The number of ether oxygens (including phenoxy) is 2.